The van der Waals surface area contributed by atoms with E-state index in [0.29, 0.717) is 18.8 Å². The molecule has 0 unspecified atom stereocenters. The van der Waals surface area contributed by atoms with E-state index in [1.54, 1.807) is 0 Å². The maximum atomic E-state index is 11.2. The average Bonchev–Trinajstić information content (AvgIpc) is 2.04. The molecule has 0 fully saturated rings. The Hall–Kier alpha value is -0.260. The third-order valence-electron chi connectivity index (χ3n) is 1.36. The van der Waals surface area contributed by atoms with Gasteiger partial charge >= 0.3 is 0 Å². The molecule has 0 radical (unpaired) electrons. The zero-order valence-corrected chi connectivity index (χ0v) is 8.01. The van der Waals surface area contributed by atoms with E-state index < -0.39 is 0 Å². The molecule has 0 atom stereocenters. The SMILES string of the molecule is CSCC(=O)N(CCO)CCO. The van der Waals surface area contributed by atoms with Gasteiger partial charge in [0.1, 0.15) is 0 Å². The first-order valence-corrected chi connectivity index (χ1v) is 5.14. The second-order valence-electron chi connectivity index (χ2n) is 2.26. The fourth-order valence-corrected chi connectivity index (χ4v) is 1.25. The Morgan fingerprint density at radius 3 is 2.17 bits per heavy atom. The Morgan fingerprint density at radius 2 is 1.83 bits per heavy atom. The summed E-state index contributed by atoms with van der Waals surface area (Å²) in [6.07, 6.45) is 1.84. The lowest BCUT2D eigenvalue weighted by Gasteiger charge is -2.19. The first kappa shape index (κ1) is 11.7. The number of thioether (sulfide) groups is 1. The van der Waals surface area contributed by atoms with E-state index in [1.165, 1.54) is 16.7 Å². The highest BCUT2D eigenvalue weighted by Crippen LogP contribution is 1.97. The van der Waals surface area contributed by atoms with E-state index in [-0.39, 0.29) is 19.1 Å². The Bertz CT molecular complexity index is 126. The molecule has 12 heavy (non-hydrogen) atoms. The quantitative estimate of drug-likeness (QED) is 0.577. The van der Waals surface area contributed by atoms with Crippen molar-refractivity contribution in [1.82, 2.24) is 4.90 Å². The highest BCUT2D eigenvalue weighted by atomic mass is 32.2. The van der Waals surface area contributed by atoms with Crippen LogP contribution < -0.4 is 0 Å². The largest absolute Gasteiger partial charge is 0.395 e. The maximum absolute atomic E-state index is 11.2. The summed E-state index contributed by atoms with van der Waals surface area (Å²) in [5, 5.41) is 17.2. The Balaban J connectivity index is 3.81. The number of hydrogen-bond donors (Lipinski definition) is 2. The van der Waals surface area contributed by atoms with Crippen molar-refractivity contribution in [3.8, 4) is 0 Å². The van der Waals surface area contributed by atoms with Gasteiger partial charge in [-0.05, 0) is 6.26 Å². The van der Waals surface area contributed by atoms with Crippen LogP contribution in [0.5, 0.6) is 0 Å². The molecule has 0 aromatic carbocycles. The molecule has 0 aliphatic rings. The monoisotopic (exact) mass is 193 g/mol. The second kappa shape index (κ2) is 7.39. The van der Waals surface area contributed by atoms with Gasteiger partial charge in [-0.3, -0.25) is 4.79 Å². The summed E-state index contributed by atoms with van der Waals surface area (Å²) in [5.74, 6) is 0.366. The zero-order valence-electron chi connectivity index (χ0n) is 7.19. The van der Waals surface area contributed by atoms with Crippen LogP contribution in [0.4, 0.5) is 0 Å². The first-order chi connectivity index (χ1) is 5.76. The van der Waals surface area contributed by atoms with Crippen LogP contribution in [0.1, 0.15) is 0 Å². The van der Waals surface area contributed by atoms with E-state index >= 15 is 0 Å². The molecule has 0 aromatic rings. The van der Waals surface area contributed by atoms with Crippen LogP contribution in [-0.2, 0) is 4.79 Å². The Labute approximate surface area is 76.6 Å². The number of amides is 1. The predicted octanol–water partition coefficient (Wildman–Crippen LogP) is -0.837. The number of carbonyl (C=O) groups is 1. The molecule has 0 rings (SSSR count). The van der Waals surface area contributed by atoms with Gasteiger partial charge in [0.15, 0.2) is 0 Å². The van der Waals surface area contributed by atoms with Crippen molar-refractivity contribution in [2.45, 2.75) is 0 Å². The van der Waals surface area contributed by atoms with Gasteiger partial charge in [-0.15, -0.1) is 0 Å². The maximum Gasteiger partial charge on any atom is 0.232 e. The van der Waals surface area contributed by atoms with Gasteiger partial charge in [-0.2, -0.15) is 11.8 Å². The molecule has 5 heteroatoms. The van der Waals surface area contributed by atoms with Gasteiger partial charge in [0.05, 0.1) is 19.0 Å². The van der Waals surface area contributed by atoms with E-state index in [0.717, 1.165) is 0 Å². The van der Waals surface area contributed by atoms with Crippen LogP contribution in [0.2, 0.25) is 0 Å². The molecule has 0 aliphatic carbocycles. The summed E-state index contributed by atoms with van der Waals surface area (Å²) in [4.78, 5) is 12.7. The molecule has 0 spiro atoms. The lowest BCUT2D eigenvalue weighted by atomic mass is 10.4. The van der Waals surface area contributed by atoms with Crippen LogP contribution in [-0.4, -0.2) is 59.3 Å². The van der Waals surface area contributed by atoms with Gasteiger partial charge < -0.3 is 15.1 Å². The lowest BCUT2D eigenvalue weighted by Crippen LogP contribution is -2.36. The van der Waals surface area contributed by atoms with Crippen LogP contribution >= 0.6 is 11.8 Å². The molecule has 2 N–H and O–H groups in total. The van der Waals surface area contributed by atoms with E-state index in [1.807, 2.05) is 6.26 Å². The topological polar surface area (TPSA) is 60.8 Å². The number of aliphatic hydroxyl groups excluding tert-OH is 2. The molecule has 0 saturated heterocycles. The van der Waals surface area contributed by atoms with Gasteiger partial charge in [0.25, 0.3) is 0 Å². The average molecular weight is 193 g/mol. The van der Waals surface area contributed by atoms with Crippen molar-refractivity contribution in [2.75, 3.05) is 38.3 Å². The Kier molecular flexibility index (Phi) is 7.23. The van der Waals surface area contributed by atoms with Crippen LogP contribution in [0, 0.1) is 0 Å². The molecular formula is C7H15NO3S. The molecule has 0 aromatic heterocycles. The third-order valence-corrected chi connectivity index (χ3v) is 1.90. The van der Waals surface area contributed by atoms with Crippen LogP contribution in [0.25, 0.3) is 0 Å². The fourth-order valence-electron chi connectivity index (χ4n) is 0.817. The van der Waals surface area contributed by atoms with Crippen LogP contribution in [0.3, 0.4) is 0 Å². The van der Waals surface area contributed by atoms with E-state index in [4.69, 9.17) is 10.2 Å². The predicted molar refractivity (Wildman–Crippen MR) is 49.1 cm³/mol. The van der Waals surface area contributed by atoms with E-state index in [9.17, 15) is 4.79 Å². The van der Waals surface area contributed by atoms with E-state index in [2.05, 4.69) is 0 Å². The van der Waals surface area contributed by atoms with Crippen molar-refractivity contribution in [3.63, 3.8) is 0 Å². The van der Waals surface area contributed by atoms with Crippen molar-refractivity contribution in [3.05, 3.63) is 0 Å². The summed E-state index contributed by atoms with van der Waals surface area (Å²) in [6, 6.07) is 0. The van der Waals surface area contributed by atoms with Gasteiger partial charge in [0.2, 0.25) is 5.91 Å². The number of carbonyl (C=O) groups excluding carboxylic acids is 1. The molecule has 0 bridgehead atoms. The van der Waals surface area contributed by atoms with Gasteiger partial charge in [-0.1, -0.05) is 0 Å². The lowest BCUT2D eigenvalue weighted by molar-refractivity contribution is -0.129. The summed E-state index contributed by atoms with van der Waals surface area (Å²) in [6.45, 7) is 0.500. The minimum atomic E-state index is -0.0554. The van der Waals surface area contributed by atoms with Crippen molar-refractivity contribution >= 4 is 17.7 Å². The van der Waals surface area contributed by atoms with Gasteiger partial charge in [0, 0.05) is 13.1 Å². The standard InChI is InChI=1S/C7H15NO3S/c1-12-6-7(11)8(2-4-9)3-5-10/h9-10H,2-6H2,1H3. The second-order valence-corrected chi connectivity index (χ2v) is 3.13. The summed E-state index contributed by atoms with van der Waals surface area (Å²) in [5.41, 5.74) is 0. The first-order valence-electron chi connectivity index (χ1n) is 3.74. The highest BCUT2D eigenvalue weighted by molar-refractivity contribution is 7.99. The minimum absolute atomic E-state index is 0.0365. The number of nitrogens with zero attached hydrogens (tertiary/aromatic N) is 1. The smallest absolute Gasteiger partial charge is 0.232 e. The highest BCUT2D eigenvalue weighted by Gasteiger charge is 2.10. The molecule has 1 amide bonds. The summed E-state index contributed by atoms with van der Waals surface area (Å²) >= 11 is 1.44. The zero-order chi connectivity index (χ0) is 9.40. The summed E-state index contributed by atoms with van der Waals surface area (Å²) < 4.78 is 0. The molecule has 0 aliphatic heterocycles. The van der Waals surface area contributed by atoms with Gasteiger partial charge in [-0.25, -0.2) is 0 Å². The fraction of sp³-hybridized carbons (Fsp3) is 0.857. The van der Waals surface area contributed by atoms with Crippen molar-refractivity contribution in [2.24, 2.45) is 0 Å². The normalized spacial score (nSPS) is 9.92. The number of aliphatic hydroxyl groups is 2. The molecule has 0 heterocycles. The Morgan fingerprint density at radius 1 is 1.33 bits per heavy atom. The molecule has 72 valence electrons. The van der Waals surface area contributed by atoms with Crippen molar-refractivity contribution < 1.29 is 15.0 Å². The number of rotatable bonds is 6. The van der Waals surface area contributed by atoms with Crippen LogP contribution in [0.15, 0.2) is 0 Å². The summed E-state index contributed by atoms with van der Waals surface area (Å²) in [7, 11) is 0. The minimum Gasteiger partial charge on any atom is -0.395 e. The van der Waals surface area contributed by atoms with Crippen molar-refractivity contribution in [1.29, 1.82) is 0 Å². The number of hydrogen-bond acceptors (Lipinski definition) is 4. The third kappa shape index (κ3) is 4.58. The molecule has 0 saturated carbocycles. The molecular weight excluding hydrogens is 178 g/mol. The molecule has 4 nitrogen and oxygen atoms in total.